The number of carbonyl (C=O) groups is 1. The van der Waals surface area contributed by atoms with Gasteiger partial charge in [0.15, 0.2) is 5.56 Å². The van der Waals surface area contributed by atoms with Crippen LogP contribution in [0, 0.1) is 11.8 Å². The van der Waals surface area contributed by atoms with Crippen molar-refractivity contribution >= 4 is 28.6 Å². The highest BCUT2D eigenvalue weighted by atomic mass is 17.2. The number of aliphatic hydroxyl groups excluding tert-OH is 1. The van der Waals surface area contributed by atoms with Crippen LogP contribution in [0.1, 0.15) is 46.5 Å². The molecular formula is C29H29N5O6. The Kier molecular flexibility index (Phi) is 8.04. The van der Waals surface area contributed by atoms with Crippen molar-refractivity contribution in [1.29, 1.82) is 0 Å². The second kappa shape index (κ2) is 11.4. The minimum atomic E-state index is -1.06. The molecule has 0 bridgehead atoms. The van der Waals surface area contributed by atoms with E-state index in [4.69, 9.17) is 21.1 Å². The molecule has 11 nitrogen and oxygen atoms in total. The van der Waals surface area contributed by atoms with Crippen LogP contribution < -0.4 is 21.6 Å². The molecule has 2 heterocycles. The highest BCUT2D eigenvalue weighted by molar-refractivity contribution is 5.98. The van der Waals surface area contributed by atoms with Gasteiger partial charge in [-0.1, -0.05) is 30.0 Å². The molecule has 0 spiro atoms. The highest BCUT2D eigenvalue weighted by Crippen LogP contribution is 2.34. The lowest BCUT2D eigenvalue weighted by Crippen LogP contribution is -2.35. The molecule has 0 aliphatic rings. The maximum absolute atomic E-state index is 14.1. The van der Waals surface area contributed by atoms with E-state index in [2.05, 4.69) is 26.7 Å². The molecule has 0 atom stereocenters. The molecule has 206 valence electrons. The zero-order chi connectivity index (χ0) is 29.0. The highest BCUT2D eigenvalue weighted by Gasteiger charge is 2.33. The number of fused-ring (bicyclic) bond motifs is 1. The number of pyridine rings is 1. The standard InChI is InChI=1S/C29H29N5O6/c1-29(2,16-35)34-21-13-12-18(11-10-17-8-6-5-7-9-17)20(14-19-15-32-28(31)33-25(19)30)22(21)24(36)23(26(34)38-3)27(37)40-39-4/h5-9,12-13,15,35H,14,16H2,1-4H3,(H4,30,31,32,33). The largest absolute Gasteiger partial charge is 0.481 e. The first-order valence-electron chi connectivity index (χ1n) is 12.2. The molecule has 0 unspecified atom stereocenters. The average Bonchev–Trinajstić information content (AvgIpc) is 2.93. The van der Waals surface area contributed by atoms with Crippen LogP contribution in [-0.2, 0) is 21.7 Å². The molecule has 4 aromatic rings. The number of ether oxygens (including phenoxy) is 1. The summed E-state index contributed by atoms with van der Waals surface area (Å²) in [5, 5.41) is 10.5. The van der Waals surface area contributed by atoms with Gasteiger partial charge in [-0.15, -0.1) is 0 Å². The number of methoxy groups -OCH3 is 1. The van der Waals surface area contributed by atoms with Gasteiger partial charge in [0.05, 0.1) is 37.3 Å². The minimum Gasteiger partial charge on any atom is -0.481 e. The summed E-state index contributed by atoms with van der Waals surface area (Å²) in [5.41, 5.74) is 12.4. The third kappa shape index (κ3) is 5.31. The van der Waals surface area contributed by atoms with Gasteiger partial charge in [0, 0.05) is 29.3 Å². The number of hydrogen-bond donors (Lipinski definition) is 3. The third-order valence-corrected chi connectivity index (χ3v) is 6.35. The van der Waals surface area contributed by atoms with E-state index < -0.39 is 22.5 Å². The van der Waals surface area contributed by atoms with Crippen molar-refractivity contribution in [1.82, 2.24) is 14.5 Å². The Morgan fingerprint density at radius 1 is 1.10 bits per heavy atom. The van der Waals surface area contributed by atoms with Crippen molar-refractivity contribution in [3.63, 3.8) is 0 Å². The van der Waals surface area contributed by atoms with E-state index in [0.717, 1.165) is 12.7 Å². The Morgan fingerprint density at radius 2 is 1.82 bits per heavy atom. The number of anilines is 2. The Hall–Kier alpha value is -4.92. The molecule has 0 amide bonds. The molecule has 0 aliphatic heterocycles. The van der Waals surface area contributed by atoms with Crippen LogP contribution in [0.3, 0.4) is 0 Å². The fraction of sp³-hybridized carbons (Fsp3) is 0.241. The van der Waals surface area contributed by atoms with Crippen molar-refractivity contribution in [2.45, 2.75) is 25.8 Å². The van der Waals surface area contributed by atoms with Crippen molar-refractivity contribution in [3.05, 3.63) is 86.7 Å². The number of hydrogen-bond acceptors (Lipinski definition) is 10. The lowest BCUT2D eigenvalue weighted by atomic mass is 9.93. The van der Waals surface area contributed by atoms with E-state index in [1.165, 1.54) is 13.3 Å². The number of carbonyl (C=O) groups excluding carboxylic acids is 1. The van der Waals surface area contributed by atoms with E-state index in [1.54, 1.807) is 30.5 Å². The first kappa shape index (κ1) is 28.1. The summed E-state index contributed by atoms with van der Waals surface area (Å²) in [6.07, 6.45) is 1.56. The Labute approximate surface area is 230 Å². The Balaban J connectivity index is 2.16. The van der Waals surface area contributed by atoms with Crippen LogP contribution in [-0.4, -0.2) is 46.4 Å². The first-order valence-corrected chi connectivity index (χ1v) is 12.2. The summed E-state index contributed by atoms with van der Waals surface area (Å²) in [7, 11) is 2.47. The SMILES string of the molecule is COOC(=O)c1c(OC)n(C(C)(C)CO)c2ccc(C#Cc3ccccc3)c(Cc3cnc(N)nc3N)c2c1=O. The molecule has 40 heavy (non-hydrogen) atoms. The van der Waals surface area contributed by atoms with Gasteiger partial charge in [-0.3, -0.25) is 9.68 Å². The molecule has 0 fully saturated rings. The van der Waals surface area contributed by atoms with Crippen molar-refractivity contribution < 1.29 is 24.4 Å². The van der Waals surface area contributed by atoms with E-state index >= 15 is 0 Å². The summed E-state index contributed by atoms with van der Waals surface area (Å²) in [6, 6.07) is 12.8. The number of nitrogens with zero attached hydrogens (tertiary/aromatic N) is 3. The summed E-state index contributed by atoms with van der Waals surface area (Å²) < 4.78 is 7.14. The predicted octanol–water partition coefficient (Wildman–Crippen LogP) is 2.40. The fourth-order valence-corrected chi connectivity index (χ4v) is 4.40. The van der Waals surface area contributed by atoms with E-state index in [-0.39, 0.29) is 36.1 Å². The van der Waals surface area contributed by atoms with Gasteiger partial charge in [-0.2, -0.15) is 9.87 Å². The van der Waals surface area contributed by atoms with Crippen LogP contribution in [0.5, 0.6) is 5.88 Å². The van der Waals surface area contributed by atoms with Gasteiger partial charge in [-0.25, -0.2) is 9.78 Å². The zero-order valence-corrected chi connectivity index (χ0v) is 22.5. The summed E-state index contributed by atoms with van der Waals surface area (Å²) in [5.74, 6) is 5.25. The molecule has 5 N–H and O–H groups in total. The molecule has 0 radical (unpaired) electrons. The summed E-state index contributed by atoms with van der Waals surface area (Å²) >= 11 is 0. The maximum Gasteiger partial charge on any atom is 0.382 e. The lowest BCUT2D eigenvalue weighted by molar-refractivity contribution is -0.216. The third-order valence-electron chi connectivity index (χ3n) is 6.35. The second-order valence-electron chi connectivity index (χ2n) is 9.47. The fourth-order valence-electron chi connectivity index (χ4n) is 4.40. The monoisotopic (exact) mass is 543 g/mol. The smallest absolute Gasteiger partial charge is 0.382 e. The quantitative estimate of drug-likeness (QED) is 0.179. The van der Waals surface area contributed by atoms with Gasteiger partial charge in [0.1, 0.15) is 5.82 Å². The number of nitrogens with two attached hydrogens (primary N) is 2. The number of nitrogen functional groups attached to an aromatic ring is 2. The lowest BCUT2D eigenvalue weighted by Gasteiger charge is -2.31. The predicted molar refractivity (Wildman–Crippen MR) is 150 cm³/mol. The van der Waals surface area contributed by atoms with Gasteiger partial charge >= 0.3 is 5.97 Å². The molecule has 11 heteroatoms. The molecule has 0 saturated heterocycles. The van der Waals surface area contributed by atoms with E-state index in [1.807, 2.05) is 30.3 Å². The molecular weight excluding hydrogens is 514 g/mol. The Morgan fingerprint density at radius 3 is 2.45 bits per heavy atom. The topological polar surface area (TPSA) is 165 Å². The maximum atomic E-state index is 14.1. The zero-order valence-electron chi connectivity index (χ0n) is 22.5. The number of rotatable bonds is 7. The minimum absolute atomic E-state index is 0.00430. The van der Waals surface area contributed by atoms with Crippen LogP contribution in [0.25, 0.3) is 10.9 Å². The Bertz CT molecular complexity index is 1700. The normalized spacial score (nSPS) is 11.1. The van der Waals surface area contributed by atoms with E-state index in [9.17, 15) is 14.7 Å². The molecule has 0 saturated carbocycles. The van der Waals surface area contributed by atoms with Gasteiger partial charge in [0.2, 0.25) is 17.3 Å². The van der Waals surface area contributed by atoms with Crippen LogP contribution in [0.2, 0.25) is 0 Å². The second-order valence-corrected chi connectivity index (χ2v) is 9.47. The van der Waals surface area contributed by atoms with Gasteiger partial charge in [-0.05, 0) is 43.7 Å². The summed E-state index contributed by atoms with van der Waals surface area (Å²) in [6.45, 7) is 3.13. The average molecular weight is 544 g/mol. The molecule has 2 aromatic carbocycles. The molecule has 0 aliphatic carbocycles. The van der Waals surface area contributed by atoms with E-state index in [0.29, 0.717) is 22.2 Å². The van der Waals surface area contributed by atoms with Crippen LogP contribution in [0.4, 0.5) is 11.8 Å². The van der Waals surface area contributed by atoms with Crippen molar-refractivity contribution in [2.24, 2.45) is 0 Å². The van der Waals surface area contributed by atoms with Crippen LogP contribution in [0.15, 0.2) is 53.5 Å². The summed E-state index contributed by atoms with van der Waals surface area (Å²) in [4.78, 5) is 44.6. The first-order chi connectivity index (χ1) is 19.1. The number of aromatic nitrogens is 3. The van der Waals surface area contributed by atoms with Gasteiger partial charge < -0.3 is 25.9 Å². The van der Waals surface area contributed by atoms with Crippen molar-refractivity contribution in [2.75, 3.05) is 32.3 Å². The van der Waals surface area contributed by atoms with Crippen LogP contribution >= 0.6 is 0 Å². The van der Waals surface area contributed by atoms with Crippen molar-refractivity contribution in [3.8, 4) is 17.7 Å². The number of aliphatic hydroxyl groups is 1. The molecule has 2 aromatic heterocycles. The van der Waals surface area contributed by atoms with Gasteiger partial charge in [0.25, 0.3) is 0 Å². The number of benzene rings is 2. The molecule has 4 rings (SSSR count).